The van der Waals surface area contributed by atoms with Gasteiger partial charge < -0.3 is 10.1 Å². The summed E-state index contributed by atoms with van der Waals surface area (Å²) in [5.41, 5.74) is 1.82. The molecule has 0 spiro atoms. The van der Waals surface area contributed by atoms with Crippen LogP contribution in [-0.4, -0.2) is 38.8 Å². The Bertz CT molecular complexity index is 1080. The predicted molar refractivity (Wildman–Crippen MR) is 114 cm³/mol. The Labute approximate surface area is 177 Å². The monoisotopic (exact) mass is 427 g/mol. The first-order chi connectivity index (χ1) is 14.3. The van der Waals surface area contributed by atoms with E-state index in [2.05, 4.69) is 11.4 Å². The first kappa shape index (κ1) is 21.8. The van der Waals surface area contributed by atoms with Crippen LogP contribution in [0.1, 0.15) is 30.9 Å². The second-order valence-electron chi connectivity index (χ2n) is 7.38. The molecule has 0 unspecified atom stereocenters. The predicted octanol–water partition coefficient (Wildman–Crippen LogP) is 3.21. The number of rotatable bonds is 8. The zero-order chi connectivity index (χ0) is 21.9. The maximum absolute atomic E-state index is 13.0. The smallest absolute Gasteiger partial charge is 0.243 e. The van der Waals surface area contributed by atoms with Crippen molar-refractivity contribution in [3.63, 3.8) is 0 Å². The number of carbonyl (C=O) groups is 1. The van der Waals surface area contributed by atoms with Crippen LogP contribution in [0.2, 0.25) is 0 Å². The van der Waals surface area contributed by atoms with E-state index in [9.17, 15) is 18.5 Å². The van der Waals surface area contributed by atoms with Crippen molar-refractivity contribution >= 4 is 21.6 Å². The van der Waals surface area contributed by atoms with Crippen LogP contribution in [0.5, 0.6) is 5.75 Å². The third kappa shape index (κ3) is 4.32. The summed E-state index contributed by atoms with van der Waals surface area (Å²) in [6, 6.07) is 14.1. The van der Waals surface area contributed by atoms with E-state index in [1.165, 1.54) is 19.2 Å². The van der Waals surface area contributed by atoms with Crippen LogP contribution in [-0.2, 0) is 20.2 Å². The summed E-state index contributed by atoms with van der Waals surface area (Å²) in [6.07, 6.45) is 1.70. The van der Waals surface area contributed by atoms with Gasteiger partial charge in [0.25, 0.3) is 0 Å². The van der Waals surface area contributed by atoms with Crippen LogP contribution in [0.4, 0.5) is 5.69 Å². The number of nitrogens with one attached hydrogen (secondary N) is 1. The van der Waals surface area contributed by atoms with Crippen LogP contribution >= 0.6 is 0 Å². The SMILES string of the molecule is CCN(CC(=O)Nc1ccc(C2(C#N)CC2)cc1)S(=O)(=O)c1ccc(OC)c(C)c1. The molecule has 30 heavy (non-hydrogen) atoms. The molecule has 1 saturated carbocycles. The Balaban J connectivity index is 1.69. The van der Waals surface area contributed by atoms with Gasteiger partial charge >= 0.3 is 0 Å². The van der Waals surface area contributed by atoms with Crippen molar-refractivity contribution in [1.82, 2.24) is 4.31 Å². The summed E-state index contributed by atoms with van der Waals surface area (Å²) in [4.78, 5) is 12.6. The van der Waals surface area contributed by atoms with E-state index < -0.39 is 15.9 Å². The van der Waals surface area contributed by atoms with Gasteiger partial charge in [-0.3, -0.25) is 4.79 Å². The summed E-state index contributed by atoms with van der Waals surface area (Å²) in [5.74, 6) is 0.169. The molecular weight excluding hydrogens is 402 g/mol. The lowest BCUT2D eigenvalue weighted by Crippen LogP contribution is -2.37. The molecule has 1 fully saturated rings. The topological polar surface area (TPSA) is 99.5 Å². The molecule has 0 aromatic heterocycles. The zero-order valence-electron chi connectivity index (χ0n) is 17.3. The number of sulfonamides is 1. The summed E-state index contributed by atoms with van der Waals surface area (Å²) in [5, 5.41) is 12.0. The van der Waals surface area contributed by atoms with Crippen LogP contribution in [0.3, 0.4) is 0 Å². The van der Waals surface area contributed by atoms with Gasteiger partial charge in [0.05, 0.1) is 30.0 Å². The highest BCUT2D eigenvalue weighted by atomic mass is 32.2. The van der Waals surface area contributed by atoms with E-state index in [-0.39, 0.29) is 23.4 Å². The lowest BCUT2D eigenvalue weighted by molar-refractivity contribution is -0.116. The van der Waals surface area contributed by atoms with Crippen LogP contribution in [0.15, 0.2) is 47.4 Å². The number of carbonyl (C=O) groups excluding carboxylic acids is 1. The average Bonchev–Trinajstić information content (AvgIpc) is 3.53. The molecule has 2 aromatic rings. The Morgan fingerprint density at radius 3 is 2.40 bits per heavy atom. The zero-order valence-corrected chi connectivity index (χ0v) is 18.1. The summed E-state index contributed by atoms with van der Waals surface area (Å²) >= 11 is 0. The van der Waals surface area contributed by atoms with Gasteiger partial charge in [-0.2, -0.15) is 9.57 Å². The number of hydrogen-bond donors (Lipinski definition) is 1. The molecule has 0 saturated heterocycles. The third-order valence-electron chi connectivity index (χ3n) is 5.36. The third-order valence-corrected chi connectivity index (χ3v) is 7.28. The van der Waals surface area contributed by atoms with Crippen molar-refractivity contribution < 1.29 is 17.9 Å². The molecule has 158 valence electrons. The van der Waals surface area contributed by atoms with E-state index in [0.29, 0.717) is 17.0 Å². The highest BCUT2D eigenvalue weighted by molar-refractivity contribution is 7.89. The first-order valence-corrected chi connectivity index (χ1v) is 11.2. The van der Waals surface area contributed by atoms with E-state index in [1.54, 1.807) is 32.0 Å². The van der Waals surface area contributed by atoms with Crippen molar-refractivity contribution in [2.75, 3.05) is 25.5 Å². The molecule has 3 rings (SSSR count). The molecule has 0 radical (unpaired) electrons. The van der Waals surface area contributed by atoms with Gasteiger partial charge in [0, 0.05) is 12.2 Å². The van der Waals surface area contributed by atoms with Crippen LogP contribution in [0, 0.1) is 18.3 Å². The van der Waals surface area contributed by atoms with E-state index >= 15 is 0 Å². The van der Waals surface area contributed by atoms with Gasteiger partial charge in [-0.15, -0.1) is 0 Å². The van der Waals surface area contributed by atoms with E-state index in [0.717, 1.165) is 22.7 Å². The minimum Gasteiger partial charge on any atom is -0.496 e. The maximum Gasteiger partial charge on any atom is 0.243 e. The Hall–Kier alpha value is -2.89. The average molecular weight is 428 g/mol. The van der Waals surface area contributed by atoms with Gasteiger partial charge in [-0.1, -0.05) is 19.1 Å². The fourth-order valence-corrected chi connectivity index (χ4v) is 4.84. The molecule has 1 aliphatic carbocycles. The molecule has 0 atom stereocenters. The number of ether oxygens (including phenoxy) is 1. The minimum absolute atomic E-state index is 0.117. The second kappa shape index (κ2) is 8.46. The number of likely N-dealkylation sites (N-methyl/N-ethyl adjacent to an activating group) is 1. The number of nitrogens with zero attached hydrogens (tertiary/aromatic N) is 2. The quantitative estimate of drug-likeness (QED) is 0.697. The molecule has 0 heterocycles. The number of aryl methyl sites for hydroxylation is 1. The Morgan fingerprint density at radius 1 is 1.23 bits per heavy atom. The summed E-state index contributed by atoms with van der Waals surface area (Å²) < 4.78 is 32.3. The van der Waals surface area contributed by atoms with E-state index in [1.807, 2.05) is 12.1 Å². The lowest BCUT2D eigenvalue weighted by Gasteiger charge is -2.20. The molecule has 0 aliphatic heterocycles. The number of anilines is 1. The molecule has 2 aromatic carbocycles. The molecule has 7 nitrogen and oxygen atoms in total. The van der Waals surface area contributed by atoms with Gasteiger partial charge in [-0.05, 0) is 61.2 Å². The maximum atomic E-state index is 13.0. The van der Waals surface area contributed by atoms with Crippen molar-refractivity contribution in [3.05, 3.63) is 53.6 Å². The fourth-order valence-electron chi connectivity index (χ4n) is 3.35. The van der Waals surface area contributed by atoms with Crippen LogP contribution in [0.25, 0.3) is 0 Å². The molecular formula is C22H25N3O4S. The molecule has 1 aliphatic rings. The summed E-state index contributed by atoms with van der Waals surface area (Å²) in [6.45, 7) is 3.31. The van der Waals surface area contributed by atoms with Gasteiger partial charge in [0.15, 0.2) is 0 Å². The molecule has 1 N–H and O–H groups in total. The molecule has 0 bridgehead atoms. The van der Waals surface area contributed by atoms with Crippen molar-refractivity contribution in [2.24, 2.45) is 0 Å². The van der Waals surface area contributed by atoms with Gasteiger partial charge in [-0.25, -0.2) is 8.42 Å². The Morgan fingerprint density at radius 2 is 1.90 bits per heavy atom. The first-order valence-electron chi connectivity index (χ1n) is 9.72. The number of amides is 1. The minimum atomic E-state index is -3.83. The normalized spacial score (nSPS) is 14.8. The second-order valence-corrected chi connectivity index (χ2v) is 9.32. The molecule has 8 heteroatoms. The lowest BCUT2D eigenvalue weighted by atomic mass is 9.98. The van der Waals surface area contributed by atoms with Gasteiger partial charge in [0.2, 0.25) is 15.9 Å². The fraction of sp³-hybridized carbons (Fsp3) is 0.364. The molecule has 1 amide bonds. The number of nitriles is 1. The highest BCUT2D eigenvalue weighted by Gasteiger charge is 2.44. The standard InChI is InChI=1S/C22H25N3O4S/c1-4-25(30(27,28)19-9-10-20(29-3)16(2)13-19)14-21(26)24-18-7-5-17(6-8-18)22(15-23)11-12-22/h5-10,13H,4,11-12,14H2,1-3H3,(H,24,26). The van der Waals surface area contributed by atoms with Crippen molar-refractivity contribution in [1.29, 1.82) is 5.26 Å². The van der Waals surface area contributed by atoms with Crippen molar-refractivity contribution in [3.8, 4) is 11.8 Å². The number of methoxy groups -OCH3 is 1. The van der Waals surface area contributed by atoms with Crippen LogP contribution < -0.4 is 10.1 Å². The highest BCUT2D eigenvalue weighted by Crippen LogP contribution is 2.47. The number of hydrogen-bond acceptors (Lipinski definition) is 5. The van der Waals surface area contributed by atoms with Crippen molar-refractivity contribution in [2.45, 2.75) is 37.0 Å². The Kier molecular flexibility index (Phi) is 6.15. The van der Waals surface area contributed by atoms with E-state index in [4.69, 9.17) is 4.74 Å². The largest absolute Gasteiger partial charge is 0.496 e. The number of benzene rings is 2. The van der Waals surface area contributed by atoms with Gasteiger partial charge in [0.1, 0.15) is 5.75 Å². The summed E-state index contributed by atoms with van der Waals surface area (Å²) in [7, 11) is -2.30.